The van der Waals surface area contributed by atoms with Gasteiger partial charge in [0, 0.05) is 37.2 Å². The number of hydrogen-bond acceptors (Lipinski definition) is 5. The Morgan fingerprint density at radius 2 is 1.88 bits per heavy atom. The quantitative estimate of drug-likeness (QED) is 0.851. The fraction of sp³-hybridized carbons (Fsp3) is 0.444. The SMILES string of the molecule is Fc1cccc(C2CCCN2c2cc(N3CCSCC3)ncn2)c1. The first kappa shape index (κ1) is 15.7. The van der Waals surface area contributed by atoms with Crippen molar-refractivity contribution >= 4 is 23.4 Å². The van der Waals surface area contributed by atoms with Gasteiger partial charge in [0.15, 0.2) is 0 Å². The molecule has 2 aliphatic rings. The largest absolute Gasteiger partial charge is 0.355 e. The zero-order valence-electron chi connectivity index (χ0n) is 13.6. The van der Waals surface area contributed by atoms with Crippen LogP contribution in [0.3, 0.4) is 0 Å². The molecule has 6 heteroatoms. The predicted octanol–water partition coefficient (Wildman–Crippen LogP) is 3.51. The molecule has 1 atom stereocenters. The number of hydrogen-bond donors (Lipinski definition) is 0. The second-order valence-corrected chi connectivity index (χ2v) is 7.46. The molecule has 2 aliphatic heterocycles. The van der Waals surface area contributed by atoms with E-state index < -0.39 is 0 Å². The van der Waals surface area contributed by atoms with Crippen LogP contribution in [-0.4, -0.2) is 41.1 Å². The molecule has 0 N–H and O–H groups in total. The van der Waals surface area contributed by atoms with Gasteiger partial charge in [0.25, 0.3) is 0 Å². The van der Waals surface area contributed by atoms with Gasteiger partial charge in [-0.3, -0.25) is 0 Å². The summed E-state index contributed by atoms with van der Waals surface area (Å²) in [5, 5.41) is 0. The van der Waals surface area contributed by atoms with Crippen LogP contribution in [-0.2, 0) is 0 Å². The van der Waals surface area contributed by atoms with Crippen molar-refractivity contribution in [3.63, 3.8) is 0 Å². The van der Waals surface area contributed by atoms with Gasteiger partial charge in [-0.15, -0.1) is 0 Å². The molecule has 0 radical (unpaired) electrons. The Labute approximate surface area is 146 Å². The van der Waals surface area contributed by atoms with E-state index in [0.29, 0.717) is 0 Å². The maximum absolute atomic E-state index is 13.6. The molecule has 2 fully saturated rings. The highest BCUT2D eigenvalue weighted by molar-refractivity contribution is 7.99. The van der Waals surface area contributed by atoms with Crippen molar-refractivity contribution in [2.75, 3.05) is 40.9 Å². The molecule has 0 saturated carbocycles. The Morgan fingerprint density at radius 1 is 1.04 bits per heavy atom. The highest BCUT2D eigenvalue weighted by Gasteiger charge is 2.28. The zero-order chi connectivity index (χ0) is 16.4. The second-order valence-electron chi connectivity index (χ2n) is 6.24. The molecular formula is C18H21FN4S. The summed E-state index contributed by atoms with van der Waals surface area (Å²) in [4.78, 5) is 13.6. The van der Waals surface area contributed by atoms with E-state index in [4.69, 9.17) is 0 Å². The van der Waals surface area contributed by atoms with Gasteiger partial charge in [0.05, 0.1) is 6.04 Å². The standard InChI is InChI=1S/C18H21FN4S/c19-15-4-1-3-14(11-15)16-5-2-6-23(16)18-12-17(20-13-21-18)22-7-9-24-10-8-22/h1,3-4,11-13,16H,2,5-10H2. The average Bonchev–Trinajstić information content (AvgIpc) is 3.12. The van der Waals surface area contributed by atoms with E-state index in [1.165, 1.54) is 6.07 Å². The summed E-state index contributed by atoms with van der Waals surface area (Å²) in [5.41, 5.74) is 1.03. The van der Waals surface area contributed by atoms with Crippen LogP contribution >= 0.6 is 11.8 Å². The number of anilines is 2. The zero-order valence-corrected chi connectivity index (χ0v) is 14.4. The first-order chi connectivity index (χ1) is 11.8. The number of aromatic nitrogens is 2. The van der Waals surface area contributed by atoms with Crippen LogP contribution in [0, 0.1) is 5.82 Å². The molecule has 2 aromatic rings. The summed E-state index contributed by atoms with van der Waals surface area (Å²) in [6, 6.07) is 9.23. The molecule has 4 nitrogen and oxygen atoms in total. The van der Waals surface area contributed by atoms with Gasteiger partial charge in [-0.2, -0.15) is 11.8 Å². The normalized spacial score (nSPS) is 21.3. The number of benzene rings is 1. The first-order valence-corrected chi connectivity index (χ1v) is 9.63. The molecule has 0 spiro atoms. The van der Waals surface area contributed by atoms with E-state index in [1.807, 2.05) is 17.8 Å². The lowest BCUT2D eigenvalue weighted by atomic mass is 10.0. The fourth-order valence-electron chi connectivity index (χ4n) is 3.56. The molecule has 1 aromatic carbocycles. The minimum Gasteiger partial charge on any atom is -0.355 e. The Morgan fingerprint density at radius 3 is 2.71 bits per heavy atom. The monoisotopic (exact) mass is 344 g/mol. The smallest absolute Gasteiger partial charge is 0.134 e. The van der Waals surface area contributed by atoms with Crippen molar-refractivity contribution in [2.45, 2.75) is 18.9 Å². The molecule has 1 aromatic heterocycles. The highest BCUT2D eigenvalue weighted by atomic mass is 32.2. The van der Waals surface area contributed by atoms with Crippen LogP contribution < -0.4 is 9.80 Å². The third-order valence-corrected chi connectivity index (χ3v) is 5.70. The molecule has 0 aliphatic carbocycles. The number of nitrogens with zero attached hydrogens (tertiary/aromatic N) is 4. The van der Waals surface area contributed by atoms with Gasteiger partial charge >= 0.3 is 0 Å². The van der Waals surface area contributed by atoms with Gasteiger partial charge < -0.3 is 9.80 Å². The summed E-state index contributed by atoms with van der Waals surface area (Å²) < 4.78 is 13.6. The van der Waals surface area contributed by atoms with E-state index in [-0.39, 0.29) is 11.9 Å². The maximum atomic E-state index is 13.6. The summed E-state index contributed by atoms with van der Waals surface area (Å²) >= 11 is 1.99. The molecule has 126 valence electrons. The Balaban J connectivity index is 1.60. The van der Waals surface area contributed by atoms with Crippen molar-refractivity contribution in [1.29, 1.82) is 0 Å². The number of halogens is 1. The lowest BCUT2D eigenvalue weighted by molar-refractivity contribution is 0.618. The molecule has 0 amide bonds. The summed E-state index contributed by atoms with van der Waals surface area (Å²) in [6.07, 6.45) is 3.79. The molecule has 0 bridgehead atoms. The van der Waals surface area contributed by atoms with Crippen LogP contribution in [0.5, 0.6) is 0 Å². The fourth-order valence-corrected chi connectivity index (χ4v) is 4.46. The Bertz CT molecular complexity index is 705. The van der Waals surface area contributed by atoms with Gasteiger partial charge in [-0.1, -0.05) is 12.1 Å². The van der Waals surface area contributed by atoms with Crippen molar-refractivity contribution in [3.8, 4) is 0 Å². The lowest BCUT2D eigenvalue weighted by Crippen LogP contribution is -2.33. The van der Waals surface area contributed by atoms with Crippen molar-refractivity contribution in [1.82, 2.24) is 9.97 Å². The van der Waals surface area contributed by atoms with E-state index in [9.17, 15) is 4.39 Å². The minimum atomic E-state index is -0.173. The van der Waals surface area contributed by atoms with Gasteiger partial charge in [-0.05, 0) is 30.5 Å². The predicted molar refractivity (Wildman–Crippen MR) is 97.3 cm³/mol. The van der Waals surface area contributed by atoms with E-state index in [0.717, 1.165) is 61.2 Å². The number of thioether (sulfide) groups is 1. The first-order valence-electron chi connectivity index (χ1n) is 8.48. The van der Waals surface area contributed by atoms with Crippen LogP contribution in [0.25, 0.3) is 0 Å². The van der Waals surface area contributed by atoms with E-state index >= 15 is 0 Å². The van der Waals surface area contributed by atoms with Crippen LogP contribution in [0.4, 0.5) is 16.0 Å². The van der Waals surface area contributed by atoms with Crippen LogP contribution in [0.15, 0.2) is 36.7 Å². The third-order valence-electron chi connectivity index (χ3n) is 4.75. The van der Waals surface area contributed by atoms with Crippen LogP contribution in [0.2, 0.25) is 0 Å². The third kappa shape index (κ3) is 3.20. The van der Waals surface area contributed by atoms with Gasteiger partial charge in [0.2, 0.25) is 0 Å². The van der Waals surface area contributed by atoms with Gasteiger partial charge in [-0.25, -0.2) is 14.4 Å². The topological polar surface area (TPSA) is 32.3 Å². The van der Waals surface area contributed by atoms with Crippen molar-refractivity contribution < 1.29 is 4.39 Å². The van der Waals surface area contributed by atoms with E-state index in [2.05, 4.69) is 25.8 Å². The molecule has 2 saturated heterocycles. The minimum absolute atomic E-state index is 0.173. The maximum Gasteiger partial charge on any atom is 0.134 e. The summed E-state index contributed by atoms with van der Waals surface area (Å²) in [6.45, 7) is 3.02. The number of rotatable bonds is 3. The molecule has 3 heterocycles. The Kier molecular flexibility index (Phi) is 4.56. The second kappa shape index (κ2) is 6.97. The Hall–Kier alpha value is -1.82. The van der Waals surface area contributed by atoms with E-state index in [1.54, 1.807) is 18.5 Å². The molecule has 4 rings (SSSR count). The van der Waals surface area contributed by atoms with Crippen molar-refractivity contribution in [3.05, 3.63) is 48.0 Å². The molecule has 24 heavy (non-hydrogen) atoms. The summed E-state index contributed by atoms with van der Waals surface area (Å²) in [7, 11) is 0. The lowest BCUT2D eigenvalue weighted by Gasteiger charge is -2.30. The summed E-state index contributed by atoms with van der Waals surface area (Å²) in [5.74, 6) is 4.08. The molecule has 1 unspecified atom stereocenters. The van der Waals surface area contributed by atoms with Crippen LogP contribution in [0.1, 0.15) is 24.4 Å². The van der Waals surface area contributed by atoms with Crippen molar-refractivity contribution in [2.24, 2.45) is 0 Å². The average molecular weight is 344 g/mol. The molecular weight excluding hydrogens is 323 g/mol. The highest BCUT2D eigenvalue weighted by Crippen LogP contribution is 2.36. The van der Waals surface area contributed by atoms with Gasteiger partial charge in [0.1, 0.15) is 23.8 Å².